The maximum atomic E-state index is 12.7. The number of rotatable bonds is 1. The Labute approximate surface area is 73.9 Å². The van der Waals surface area contributed by atoms with E-state index in [0.29, 0.717) is 10.6 Å². The molecule has 0 fully saturated rings. The zero-order valence-corrected chi connectivity index (χ0v) is 7.08. The molecule has 0 aliphatic heterocycles. The van der Waals surface area contributed by atoms with Gasteiger partial charge in [-0.15, -0.1) is 0 Å². The molecule has 0 heterocycles. The highest BCUT2D eigenvalue weighted by atomic mass is 35.5. The molecule has 4 heteroatoms. The quantitative estimate of drug-likeness (QED) is 0.683. The molecule has 2 N–H and O–H groups in total. The second kappa shape index (κ2) is 3.39. The van der Waals surface area contributed by atoms with Crippen molar-refractivity contribution in [3.05, 3.63) is 33.6 Å². The molecule has 0 aromatic heterocycles. The van der Waals surface area contributed by atoms with Gasteiger partial charge in [-0.05, 0) is 12.1 Å². The molecule has 0 radical (unpaired) electrons. The maximum absolute atomic E-state index is 12.7. The third kappa shape index (κ3) is 1.64. The van der Waals surface area contributed by atoms with E-state index in [-0.39, 0.29) is 11.6 Å². The van der Waals surface area contributed by atoms with E-state index >= 15 is 0 Å². The number of hydrogen-bond donors (Lipinski definition) is 1. The van der Waals surface area contributed by atoms with Crippen LogP contribution in [0.25, 0.3) is 0 Å². The van der Waals surface area contributed by atoms with Gasteiger partial charge in [0.05, 0.1) is 5.02 Å². The summed E-state index contributed by atoms with van der Waals surface area (Å²) in [6.45, 7) is 0.148. The average Bonchev–Trinajstić information content (AvgIpc) is 1.99. The summed E-state index contributed by atoms with van der Waals surface area (Å²) in [7, 11) is 0. The van der Waals surface area contributed by atoms with Crippen LogP contribution in [0.2, 0.25) is 10.0 Å². The van der Waals surface area contributed by atoms with Crippen LogP contribution in [-0.2, 0) is 6.54 Å². The van der Waals surface area contributed by atoms with Gasteiger partial charge in [0.15, 0.2) is 0 Å². The van der Waals surface area contributed by atoms with E-state index < -0.39 is 5.82 Å². The number of halogens is 3. The molecule has 0 bridgehead atoms. The molecule has 1 rings (SSSR count). The molecule has 0 amide bonds. The van der Waals surface area contributed by atoms with Crippen molar-refractivity contribution in [1.29, 1.82) is 0 Å². The molecular weight excluding hydrogens is 188 g/mol. The lowest BCUT2D eigenvalue weighted by molar-refractivity contribution is 0.626. The molecule has 0 saturated carbocycles. The van der Waals surface area contributed by atoms with Crippen LogP contribution in [0, 0.1) is 5.82 Å². The minimum absolute atomic E-state index is 0.0139. The second-order valence-electron chi connectivity index (χ2n) is 2.03. The Morgan fingerprint density at radius 1 is 1.36 bits per heavy atom. The lowest BCUT2D eigenvalue weighted by Gasteiger charge is -2.03. The van der Waals surface area contributed by atoms with Gasteiger partial charge in [0.1, 0.15) is 5.82 Å². The van der Waals surface area contributed by atoms with Crippen molar-refractivity contribution >= 4 is 23.2 Å². The number of benzene rings is 1. The number of hydrogen-bond acceptors (Lipinski definition) is 1. The fraction of sp³-hybridized carbons (Fsp3) is 0.143. The molecule has 60 valence electrons. The normalized spacial score (nSPS) is 10.2. The van der Waals surface area contributed by atoms with Crippen LogP contribution in [0.4, 0.5) is 4.39 Å². The fourth-order valence-corrected chi connectivity index (χ4v) is 1.28. The predicted molar refractivity (Wildman–Crippen MR) is 44.3 cm³/mol. The van der Waals surface area contributed by atoms with Gasteiger partial charge in [-0.25, -0.2) is 4.39 Å². The third-order valence-corrected chi connectivity index (χ3v) is 2.11. The summed E-state index contributed by atoms with van der Waals surface area (Å²) >= 11 is 11.2. The van der Waals surface area contributed by atoms with Gasteiger partial charge in [-0.2, -0.15) is 0 Å². The predicted octanol–water partition coefficient (Wildman–Crippen LogP) is 2.59. The summed E-state index contributed by atoms with van der Waals surface area (Å²) in [5.74, 6) is -0.489. The monoisotopic (exact) mass is 193 g/mol. The van der Waals surface area contributed by atoms with Crippen LogP contribution in [0.1, 0.15) is 5.56 Å². The third-order valence-electron chi connectivity index (χ3n) is 1.34. The topological polar surface area (TPSA) is 26.0 Å². The van der Waals surface area contributed by atoms with E-state index in [2.05, 4.69) is 0 Å². The van der Waals surface area contributed by atoms with Crippen LogP contribution >= 0.6 is 23.2 Å². The Balaban J connectivity index is 3.29. The van der Waals surface area contributed by atoms with Gasteiger partial charge in [0.25, 0.3) is 0 Å². The van der Waals surface area contributed by atoms with Gasteiger partial charge in [-0.1, -0.05) is 23.2 Å². The highest BCUT2D eigenvalue weighted by Crippen LogP contribution is 2.26. The van der Waals surface area contributed by atoms with Crippen LogP contribution in [0.5, 0.6) is 0 Å². The zero-order valence-electron chi connectivity index (χ0n) is 5.57. The van der Waals surface area contributed by atoms with Crippen LogP contribution in [0.15, 0.2) is 12.1 Å². The molecule has 1 aromatic carbocycles. The average molecular weight is 194 g/mol. The Kier molecular flexibility index (Phi) is 2.71. The van der Waals surface area contributed by atoms with Crippen LogP contribution < -0.4 is 5.73 Å². The lowest BCUT2D eigenvalue weighted by Crippen LogP contribution is -1.99. The largest absolute Gasteiger partial charge is 0.326 e. The van der Waals surface area contributed by atoms with Crippen molar-refractivity contribution in [2.24, 2.45) is 5.73 Å². The summed E-state index contributed by atoms with van der Waals surface area (Å²) in [5, 5.41) is 0.416. The Morgan fingerprint density at radius 2 is 2.00 bits per heavy atom. The van der Waals surface area contributed by atoms with Gasteiger partial charge in [-0.3, -0.25) is 0 Å². The summed E-state index contributed by atoms with van der Waals surface area (Å²) in [6.07, 6.45) is 0. The lowest BCUT2D eigenvalue weighted by atomic mass is 10.2. The van der Waals surface area contributed by atoms with Crippen molar-refractivity contribution in [3.63, 3.8) is 0 Å². The minimum atomic E-state index is -0.489. The molecule has 0 atom stereocenters. The van der Waals surface area contributed by atoms with Crippen molar-refractivity contribution < 1.29 is 4.39 Å². The Hall–Kier alpha value is -0.310. The molecule has 1 aromatic rings. The SMILES string of the molecule is NCc1c(Cl)ccc(F)c1Cl. The maximum Gasteiger partial charge on any atom is 0.142 e. The standard InChI is InChI=1S/C7H6Cl2FN/c8-5-1-2-6(10)7(9)4(5)3-11/h1-2H,3,11H2. The smallest absolute Gasteiger partial charge is 0.142 e. The first kappa shape index (κ1) is 8.78. The minimum Gasteiger partial charge on any atom is -0.326 e. The zero-order chi connectivity index (χ0) is 8.43. The molecule has 0 aliphatic carbocycles. The summed E-state index contributed by atoms with van der Waals surface area (Å²) in [5.41, 5.74) is 5.74. The van der Waals surface area contributed by atoms with E-state index in [1.807, 2.05) is 0 Å². The Bertz CT molecular complexity index is 275. The Morgan fingerprint density at radius 3 is 2.45 bits per heavy atom. The van der Waals surface area contributed by atoms with E-state index in [0.717, 1.165) is 0 Å². The molecule has 0 saturated heterocycles. The molecule has 0 spiro atoms. The number of nitrogens with two attached hydrogens (primary N) is 1. The first-order valence-electron chi connectivity index (χ1n) is 2.99. The summed E-state index contributed by atoms with van der Waals surface area (Å²) in [6, 6.07) is 2.65. The van der Waals surface area contributed by atoms with Crippen molar-refractivity contribution in [3.8, 4) is 0 Å². The highest BCUT2D eigenvalue weighted by molar-refractivity contribution is 6.36. The molecule has 1 nitrogen and oxygen atoms in total. The van der Waals surface area contributed by atoms with E-state index in [9.17, 15) is 4.39 Å². The first-order valence-corrected chi connectivity index (χ1v) is 3.75. The van der Waals surface area contributed by atoms with Gasteiger partial charge in [0, 0.05) is 17.1 Å². The van der Waals surface area contributed by atoms with Crippen molar-refractivity contribution in [2.75, 3.05) is 0 Å². The van der Waals surface area contributed by atoms with Crippen molar-refractivity contribution in [1.82, 2.24) is 0 Å². The molecule has 0 aliphatic rings. The summed E-state index contributed by atoms with van der Waals surface area (Å²) < 4.78 is 12.7. The van der Waals surface area contributed by atoms with Gasteiger partial charge < -0.3 is 5.73 Å². The molecular formula is C7H6Cl2FN. The van der Waals surface area contributed by atoms with Gasteiger partial charge in [0.2, 0.25) is 0 Å². The molecule has 11 heavy (non-hydrogen) atoms. The second-order valence-corrected chi connectivity index (χ2v) is 2.81. The summed E-state index contributed by atoms with van der Waals surface area (Å²) in [4.78, 5) is 0. The van der Waals surface area contributed by atoms with Crippen molar-refractivity contribution in [2.45, 2.75) is 6.54 Å². The van der Waals surface area contributed by atoms with E-state index in [1.54, 1.807) is 0 Å². The van der Waals surface area contributed by atoms with Crippen LogP contribution in [0.3, 0.4) is 0 Å². The fourth-order valence-electron chi connectivity index (χ4n) is 0.756. The van der Waals surface area contributed by atoms with Crippen LogP contribution in [-0.4, -0.2) is 0 Å². The first-order chi connectivity index (χ1) is 5.16. The highest BCUT2D eigenvalue weighted by Gasteiger charge is 2.07. The van der Waals surface area contributed by atoms with E-state index in [4.69, 9.17) is 28.9 Å². The van der Waals surface area contributed by atoms with E-state index in [1.165, 1.54) is 12.1 Å². The molecule has 0 unspecified atom stereocenters. The van der Waals surface area contributed by atoms with Gasteiger partial charge >= 0.3 is 0 Å².